The zero-order chi connectivity index (χ0) is 24.6. The van der Waals surface area contributed by atoms with Crippen molar-refractivity contribution in [1.82, 2.24) is 4.98 Å². The second-order valence-electron chi connectivity index (χ2n) is 7.77. The van der Waals surface area contributed by atoms with Gasteiger partial charge < -0.3 is 4.98 Å². The van der Waals surface area contributed by atoms with Crippen molar-refractivity contribution in [2.75, 3.05) is 5.75 Å². The summed E-state index contributed by atoms with van der Waals surface area (Å²) in [6.45, 7) is 1.86. The van der Waals surface area contributed by atoms with Crippen molar-refractivity contribution >= 4 is 61.1 Å². The van der Waals surface area contributed by atoms with Gasteiger partial charge in [-0.2, -0.15) is 0 Å². The number of aryl methyl sites for hydroxylation is 1. The number of H-pyrrole nitrogens is 1. The van der Waals surface area contributed by atoms with Crippen LogP contribution in [0.25, 0.3) is 22.0 Å². The van der Waals surface area contributed by atoms with Crippen molar-refractivity contribution < 1.29 is 13.2 Å². The van der Waals surface area contributed by atoms with E-state index in [9.17, 15) is 22.8 Å². The molecule has 0 saturated heterocycles. The third kappa shape index (κ3) is 5.15. The topological polar surface area (TPSA) is 101 Å². The Bertz CT molecular complexity index is 1670. The average Bonchev–Trinajstić information content (AvgIpc) is 3.14. The van der Waals surface area contributed by atoms with Gasteiger partial charge in [0.2, 0.25) is 5.56 Å². The summed E-state index contributed by atoms with van der Waals surface area (Å²) in [6.07, 6.45) is -0.159. The van der Waals surface area contributed by atoms with E-state index in [0.29, 0.717) is 26.4 Å². The second-order valence-corrected chi connectivity index (χ2v) is 12.1. The fourth-order valence-corrected chi connectivity index (χ4v) is 6.70. The Morgan fingerprint density at radius 2 is 1.74 bits per heavy atom. The van der Waals surface area contributed by atoms with Crippen molar-refractivity contribution in [1.29, 1.82) is 0 Å². The standard InChI is InChI=1S/C24H17Cl2NO5S2/c1-13-2-4-17-20(8-13)27-22(29)11-18(24(17)30)16-5-3-14(10-19(16)25)9-15(28)12-34(31,32)23-7-6-21(26)33-23/h2-8,10-11H,9,12H2,1H3,(H,27,29). The average molecular weight is 534 g/mol. The molecule has 1 N–H and O–H groups in total. The summed E-state index contributed by atoms with van der Waals surface area (Å²) in [6, 6.07) is 13.8. The van der Waals surface area contributed by atoms with Gasteiger partial charge in [0.25, 0.3) is 0 Å². The minimum atomic E-state index is -3.79. The number of benzene rings is 2. The molecule has 4 rings (SSSR count). The van der Waals surface area contributed by atoms with Gasteiger partial charge in [0.05, 0.1) is 9.85 Å². The van der Waals surface area contributed by atoms with E-state index in [1.165, 1.54) is 24.3 Å². The van der Waals surface area contributed by atoms with Gasteiger partial charge in [-0.05, 0) is 48.4 Å². The predicted octanol–water partition coefficient (Wildman–Crippen LogP) is 4.82. The molecule has 0 radical (unpaired) electrons. The summed E-state index contributed by atoms with van der Waals surface area (Å²) in [5, 5.41) is 0.512. The van der Waals surface area contributed by atoms with E-state index in [2.05, 4.69) is 4.98 Å². The van der Waals surface area contributed by atoms with Crippen LogP contribution in [0.3, 0.4) is 0 Å². The largest absolute Gasteiger partial charge is 0.322 e. The fourth-order valence-electron chi connectivity index (χ4n) is 3.58. The number of hydrogen-bond acceptors (Lipinski definition) is 6. The molecule has 0 spiro atoms. The summed E-state index contributed by atoms with van der Waals surface area (Å²) >= 11 is 13.1. The molecule has 4 aromatic rings. The Balaban J connectivity index is 1.64. The van der Waals surface area contributed by atoms with Crippen LogP contribution in [0.5, 0.6) is 0 Å². The first-order chi connectivity index (χ1) is 16.0. The number of aromatic amines is 1. The lowest BCUT2D eigenvalue weighted by atomic mass is 10.0. The van der Waals surface area contributed by atoms with E-state index in [1.54, 1.807) is 30.3 Å². The number of carbonyl (C=O) groups is 1. The molecule has 34 heavy (non-hydrogen) atoms. The zero-order valence-corrected chi connectivity index (χ0v) is 20.9. The second kappa shape index (κ2) is 9.46. The molecule has 6 nitrogen and oxygen atoms in total. The maximum Gasteiger partial charge on any atom is 0.249 e. The van der Waals surface area contributed by atoms with Gasteiger partial charge >= 0.3 is 0 Å². The van der Waals surface area contributed by atoms with E-state index in [0.717, 1.165) is 16.9 Å². The summed E-state index contributed by atoms with van der Waals surface area (Å²) in [5.41, 5.74) is 1.45. The van der Waals surface area contributed by atoms with Crippen LogP contribution in [0.1, 0.15) is 11.1 Å². The molecule has 2 aromatic heterocycles. The molecular weight excluding hydrogens is 517 g/mol. The molecule has 2 heterocycles. The van der Waals surface area contributed by atoms with Gasteiger partial charge in [-0.15, -0.1) is 11.3 Å². The minimum absolute atomic E-state index is 0.0341. The van der Waals surface area contributed by atoms with Crippen molar-refractivity contribution in [2.45, 2.75) is 17.6 Å². The predicted molar refractivity (Wildman–Crippen MR) is 136 cm³/mol. The third-order valence-corrected chi connectivity index (χ3v) is 8.93. The summed E-state index contributed by atoms with van der Waals surface area (Å²) < 4.78 is 25.2. The van der Waals surface area contributed by atoms with Crippen LogP contribution < -0.4 is 11.0 Å². The number of carbonyl (C=O) groups excluding carboxylic acids is 1. The van der Waals surface area contributed by atoms with E-state index in [1.807, 2.05) is 6.92 Å². The molecule has 10 heteroatoms. The molecule has 0 saturated carbocycles. The smallest absolute Gasteiger partial charge is 0.249 e. The van der Waals surface area contributed by atoms with Crippen molar-refractivity contribution in [3.63, 3.8) is 0 Å². The number of nitrogens with one attached hydrogen (secondary N) is 1. The van der Waals surface area contributed by atoms with Crippen molar-refractivity contribution in [3.8, 4) is 11.1 Å². The summed E-state index contributed by atoms with van der Waals surface area (Å²) in [5.74, 6) is -1.18. The van der Waals surface area contributed by atoms with Crippen LogP contribution in [-0.2, 0) is 21.1 Å². The van der Waals surface area contributed by atoms with Crippen LogP contribution in [-0.4, -0.2) is 24.9 Å². The number of ketones is 1. The first-order valence-corrected chi connectivity index (χ1v) is 13.2. The first kappa shape index (κ1) is 24.3. The quantitative estimate of drug-likeness (QED) is 0.383. The monoisotopic (exact) mass is 533 g/mol. The molecule has 0 aliphatic heterocycles. The van der Waals surface area contributed by atoms with Gasteiger partial charge in [-0.25, -0.2) is 8.42 Å². The number of thiophene rings is 1. The highest BCUT2D eigenvalue weighted by Gasteiger charge is 2.22. The van der Waals surface area contributed by atoms with Crippen LogP contribution in [0.15, 0.2) is 68.4 Å². The van der Waals surface area contributed by atoms with E-state index >= 15 is 0 Å². The van der Waals surface area contributed by atoms with Crippen LogP contribution in [0.2, 0.25) is 9.36 Å². The maximum atomic E-state index is 13.2. The zero-order valence-electron chi connectivity index (χ0n) is 17.7. The minimum Gasteiger partial charge on any atom is -0.322 e. The Labute approximate surface area is 208 Å². The fraction of sp³-hybridized carbons (Fsp3) is 0.125. The Kier molecular flexibility index (Phi) is 6.78. The third-order valence-electron chi connectivity index (χ3n) is 5.13. The van der Waals surface area contributed by atoms with Gasteiger partial charge in [-0.1, -0.05) is 41.4 Å². The van der Waals surface area contributed by atoms with Gasteiger partial charge in [0.15, 0.2) is 21.0 Å². The molecule has 2 aromatic carbocycles. The number of aromatic nitrogens is 1. The van der Waals surface area contributed by atoms with Crippen LogP contribution in [0, 0.1) is 6.92 Å². The number of rotatable bonds is 6. The molecule has 0 bridgehead atoms. The lowest BCUT2D eigenvalue weighted by Gasteiger charge is -2.07. The number of halogens is 2. The normalized spacial score (nSPS) is 11.6. The lowest BCUT2D eigenvalue weighted by Crippen LogP contribution is -2.17. The molecule has 0 amide bonds. The summed E-state index contributed by atoms with van der Waals surface area (Å²) in [7, 11) is -3.79. The van der Waals surface area contributed by atoms with Crippen LogP contribution in [0.4, 0.5) is 0 Å². The molecule has 0 unspecified atom stereocenters. The highest BCUT2D eigenvalue weighted by molar-refractivity contribution is 7.94. The summed E-state index contributed by atoms with van der Waals surface area (Å²) in [4.78, 5) is 40.7. The van der Waals surface area contributed by atoms with E-state index < -0.39 is 26.9 Å². The Morgan fingerprint density at radius 3 is 2.41 bits per heavy atom. The number of fused-ring (bicyclic) bond motifs is 1. The molecule has 0 aliphatic carbocycles. The molecule has 0 atom stereocenters. The van der Waals surface area contributed by atoms with Gasteiger partial charge in [0, 0.05) is 34.0 Å². The molecule has 0 fully saturated rings. The van der Waals surface area contributed by atoms with Crippen molar-refractivity contribution in [2.24, 2.45) is 0 Å². The molecule has 0 aliphatic rings. The Hall–Kier alpha value is -2.78. The van der Waals surface area contributed by atoms with Crippen LogP contribution >= 0.6 is 34.5 Å². The molecule has 174 valence electrons. The van der Waals surface area contributed by atoms with E-state index in [-0.39, 0.29) is 26.6 Å². The number of sulfone groups is 1. The first-order valence-electron chi connectivity index (χ1n) is 10.00. The van der Waals surface area contributed by atoms with Crippen molar-refractivity contribution in [3.05, 3.63) is 95.7 Å². The Morgan fingerprint density at radius 1 is 0.971 bits per heavy atom. The van der Waals surface area contributed by atoms with Gasteiger partial charge in [0.1, 0.15) is 9.96 Å². The lowest BCUT2D eigenvalue weighted by molar-refractivity contribution is -0.116. The number of Topliss-reactive ketones (excluding diaryl/α,β-unsaturated/α-hetero) is 1. The van der Waals surface area contributed by atoms with E-state index in [4.69, 9.17) is 23.2 Å². The molecular formula is C24H17Cl2NO5S2. The highest BCUT2D eigenvalue weighted by atomic mass is 35.5. The number of hydrogen-bond donors (Lipinski definition) is 1. The SMILES string of the molecule is Cc1ccc2c(=O)c(-c3ccc(CC(=O)CS(=O)(=O)c4ccc(Cl)s4)cc3Cl)cc(=O)[nH]c2c1. The van der Waals surface area contributed by atoms with Gasteiger partial charge in [-0.3, -0.25) is 14.4 Å². The highest BCUT2D eigenvalue weighted by Crippen LogP contribution is 2.28. The maximum absolute atomic E-state index is 13.2.